The fourth-order valence-electron chi connectivity index (χ4n) is 5.43. The third-order valence-electron chi connectivity index (χ3n) is 6.99. The van der Waals surface area contributed by atoms with Crippen molar-refractivity contribution in [2.24, 2.45) is 0 Å². The molecule has 3 heterocycles. The highest BCUT2D eigenvalue weighted by Gasteiger charge is 2.44. The van der Waals surface area contributed by atoms with Crippen molar-refractivity contribution < 1.29 is 18.7 Å². The second kappa shape index (κ2) is 8.95. The maximum atomic E-state index is 13.9. The van der Waals surface area contributed by atoms with Crippen molar-refractivity contribution in [2.45, 2.75) is 38.8 Å². The lowest BCUT2D eigenvalue weighted by Gasteiger charge is -2.27. The van der Waals surface area contributed by atoms with Crippen LogP contribution in [-0.4, -0.2) is 30.1 Å². The minimum absolute atomic E-state index is 0.0667. The van der Waals surface area contributed by atoms with Crippen molar-refractivity contribution >= 4 is 16.9 Å². The molecule has 182 valence electrons. The molecular weight excluding hydrogens is 454 g/mol. The van der Waals surface area contributed by atoms with Gasteiger partial charge in [0.1, 0.15) is 17.1 Å². The Morgan fingerprint density at radius 2 is 1.78 bits per heavy atom. The summed E-state index contributed by atoms with van der Waals surface area (Å²) < 4.78 is 18.1. The zero-order chi connectivity index (χ0) is 24.8. The summed E-state index contributed by atoms with van der Waals surface area (Å²) >= 11 is 0. The van der Waals surface area contributed by atoms with Gasteiger partial charge in [0.2, 0.25) is 5.76 Å². The molecule has 2 aliphatic heterocycles. The molecule has 6 heteroatoms. The molecular formula is C30H27NO5. The Bertz CT molecular complexity index is 1520. The van der Waals surface area contributed by atoms with E-state index in [1.807, 2.05) is 80.6 Å². The first-order chi connectivity index (χ1) is 17.5. The third-order valence-corrected chi connectivity index (χ3v) is 6.99. The lowest BCUT2D eigenvalue weighted by molar-refractivity contribution is 0.0486. The molecule has 2 atom stereocenters. The van der Waals surface area contributed by atoms with Crippen molar-refractivity contribution in [3.05, 3.63) is 105 Å². The Labute approximate surface area is 209 Å². The SMILES string of the molecule is Cc1cc(C)c2c(=O)c3c(oc2c1)C(=O)N(CC1CCCO1)C3c1cccc(Oc2ccccc2)c1. The quantitative estimate of drug-likeness (QED) is 0.354. The summed E-state index contributed by atoms with van der Waals surface area (Å²) in [5.41, 5.74) is 3.28. The highest BCUT2D eigenvalue weighted by Crippen LogP contribution is 2.40. The molecule has 0 bridgehead atoms. The van der Waals surface area contributed by atoms with Gasteiger partial charge in [0.05, 0.1) is 23.1 Å². The van der Waals surface area contributed by atoms with Crippen LogP contribution in [0.15, 0.2) is 75.9 Å². The molecule has 2 unspecified atom stereocenters. The number of nitrogens with zero attached hydrogens (tertiary/aromatic N) is 1. The minimum Gasteiger partial charge on any atom is -0.457 e. The molecule has 6 nitrogen and oxygen atoms in total. The van der Waals surface area contributed by atoms with Gasteiger partial charge in [0, 0.05) is 13.2 Å². The number of hydrogen-bond donors (Lipinski definition) is 0. The van der Waals surface area contributed by atoms with E-state index < -0.39 is 6.04 Å². The monoisotopic (exact) mass is 481 g/mol. The van der Waals surface area contributed by atoms with Crippen molar-refractivity contribution in [3.8, 4) is 11.5 Å². The lowest BCUT2D eigenvalue weighted by atomic mass is 9.96. The number of carbonyl (C=O) groups is 1. The van der Waals surface area contributed by atoms with Crippen LogP contribution in [0.3, 0.4) is 0 Å². The molecule has 0 saturated carbocycles. The maximum absolute atomic E-state index is 13.9. The van der Waals surface area contributed by atoms with Gasteiger partial charge in [-0.3, -0.25) is 9.59 Å². The molecule has 1 fully saturated rings. The molecule has 1 saturated heterocycles. The maximum Gasteiger partial charge on any atom is 0.291 e. The number of rotatable bonds is 5. The number of amides is 1. The van der Waals surface area contributed by atoms with Gasteiger partial charge in [-0.25, -0.2) is 0 Å². The highest BCUT2D eigenvalue weighted by molar-refractivity contribution is 5.99. The third kappa shape index (κ3) is 3.88. The smallest absolute Gasteiger partial charge is 0.291 e. The fraction of sp³-hybridized carbons (Fsp3) is 0.267. The number of benzene rings is 3. The van der Waals surface area contributed by atoms with Crippen LogP contribution in [0.4, 0.5) is 0 Å². The molecule has 0 spiro atoms. The van der Waals surface area contributed by atoms with Crippen LogP contribution in [-0.2, 0) is 4.74 Å². The minimum atomic E-state index is -0.586. The predicted octanol–water partition coefficient (Wildman–Crippen LogP) is 5.93. The molecule has 0 aliphatic carbocycles. The number of aryl methyl sites for hydroxylation is 2. The van der Waals surface area contributed by atoms with E-state index >= 15 is 0 Å². The molecule has 4 aromatic rings. The van der Waals surface area contributed by atoms with E-state index in [0.717, 1.165) is 29.5 Å². The molecule has 1 aromatic heterocycles. The zero-order valence-corrected chi connectivity index (χ0v) is 20.3. The van der Waals surface area contributed by atoms with E-state index in [1.54, 1.807) is 4.90 Å². The first-order valence-corrected chi connectivity index (χ1v) is 12.3. The van der Waals surface area contributed by atoms with Gasteiger partial charge in [0.15, 0.2) is 5.43 Å². The normalized spacial score (nSPS) is 19.2. The summed E-state index contributed by atoms with van der Waals surface area (Å²) in [6.45, 7) is 4.94. The van der Waals surface area contributed by atoms with E-state index in [1.165, 1.54) is 0 Å². The number of ether oxygens (including phenoxy) is 2. The topological polar surface area (TPSA) is 69.0 Å². The summed E-state index contributed by atoms with van der Waals surface area (Å²) in [5, 5.41) is 0.521. The summed E-state index contributed by atoms with van der Waals surface area (Å²) in [7, 11) is 0. The summed E-state index contributed by atoms with van der Waals surface area (Å²) in [4.78, 5) is 29.4. The molecule has 36 heavy (non-hydrogen) atoms. The lowest BCUT2D eigenvalue weighted by Crippen LogP contribution is -2.36. The van der Waals surface area contributed by atoms with Crippen LogP contribution in [0.25, 0.3) is 11.0 Å². The predicted molar refractivity (Wildman–Crippen MR) is 137 cm³/mol. The second-order valence-corrected chi connectivity index (χ2v) is 9.61. The Hall–Kier alpha value is -3.90. The molecule has 6 rings (SSSR count). The Balaban J connectivity index is 1.50. The number of para-hydroxylation sites is 1. The Morgan fingerprint density at radius 3 is 2.56 bits per heavy atom. The van der Waals surface area contributed by atoms with Crippen LogP contribution in [0, 0.1) is 13.8 Å². The Morgan fingerprint density at radius 1 is 0.972 bits per heavy atom. The summed E-state index contributed by atoms with van der Waals surface area (Å²) in [6, 6.07) is 20.3. The fourth-order valence-corrected chi connectivity index (χ4v) is 5.43. The standard InChI is InChI=1S/C30H27NO5/c1-18-14-19(2)25-24(15-18)36-29-26(28(25)32)27(31(30(29)33)17-23-12-7-13-34-23)20-8-6-11-22(16-20)35-21-9-4-3-5-10-21/h3-6,8-11,14-16,23,27H,7,12-13,17H2,1-2H3. The zero-order valence-electron chi connectivity index (χ0n) is 20.3. The average molecular weight is 482 g/mol. The van der Waals surface area contributed by atoms with Gasteiger partial charge in [-0.15, -0.1) is 0 Å². The van der Waals surface area contributed by atoms with Crippen LogP contribution in [0.2, 0.25) is 0 Å². The van der Waals surface area contributed by atoms with Crippen molar-refractivity contribution in [1.82, 2.24) is 4.90 Å². The van der Waals surface area contributed by atoms with E-state index in [-0.39, 0.29) is 23.2 Å². The molecule has 0 radical (unpaired) electrons. The van der Waals surface area contributed by atoms with E-state index in [2.05, 4.69) is 0 Å². The highest BCUT2D eigenvalue weighted by atomic mass is 16.5. The Kier molecular flexibility index (Phi) is 5.61. The molecule has 1 amide bonds. The van der Waals surface area contributed by atoms with Gasteiger partial charge in [-0.05, 0) is 73.7 Å². The molecule has 2 aliphatic rings. The van der Waals surface area contributed by atoms with Crippen molar-refractivity contribution in [3.63, 3.8) is 0 Å². The first kappa shape index (κ1) is 22.6. The van der Waals surface area contributed by atoms with E-state index in [4.69, 9.17) is 13.9 Å². The van der Waals surface area contributed by atoms with Crippen LogP contribution in [0.5, 0.6) is 11.5 Å². The van der Waals surface area contributed by atoms with Gasteiger partial charge < -0.3 is 18.8 Å². The van der Waals surface area contributed by atoms with Crippen LogP contribution < -0.4 is 10.2 Å². The number of fused-ring (bicyclic) bond motifs is 2. The van der Waals surface area contributed by atoms with E-state index in [9.17, 15) is 9.59 Å². The van der Waals surface area contributed by atoms with Crippen molar-refractivity contribution in [1.29, 1.82) is 0 Å². The number of hydrogen-bond acceptors (Lipinski definition) is 5. The number of carbonyl (C=O) groups excluding carboxylic acids is 1. The second-order valence-electron chi connectivity index (χ2n) is 9.61. The summed E-state index contributed by atoms with van der Waals surface area (Å²) in [6.07, 6.45) is 1.78. The average Bonchev–Trinajstić information content (AvgIpc) is 3.47. The van der Waals surface area contributed by atoms with Gasteiger partial charge in [0.25, 0.3) is 5.91 Å². The molecule has 0 N–H and O–H groups in total. The van der Waals surface area contributed by atoms with Gasteiger partial charge in [-0.1, -0.05) is 36.4 Å². The van der Waals surface area contributed by atoms with Crippen LogP contribution in [0.1, 0.15) is 51.7 Å². The van der Waals surface area contributed by atoms with Crippen LogP contribution >= 0.6 is 0 Å². The van der Waals surface area contributed by atoms with Gasteiger partial charge in [-0.2, -0.15) is 0 Å². The van der Waals surface area contributed by atoms with E-state index in [0.29, 0.717) is 41.2 Å². The first-order valence-electron chi connectivity index (χ1n) is 12.3. The summed E-state index contributed by atoms with van der Waals surface area (Å²) in [5.74, 6) is 1.19. The largest absolute Gasteiger partial charge is 0.457 e. The molecule has 3 aromatic carbocycles. The van der Waals surface area contributed by atoms with Crippen molar-refractivity contribution in [2.75, 3.05) is 13.2 Å². The van der Waals surface area contributed by atoms with Gasteiger partial charge >= 0.3 is 0 Å².